The van der Waals surface area contributed by atoms with E-state index in [0.717, 1.165) is 5.56 Å². The maximum Gasteiger partial charge on any atom is 0.336 e. The van der Waals surface area contributed by atoms with Crippen LogP contribution in [0.4, 0.5) is 5.69 Å². The van der Waals surface area contributed by atoms with Gasteiger partial charge >= 0.3 is 5.97 Å². The summed E-state index contributed by atoms with van der Waals surface area (Å²) in [5.74, 6) is -0.996. The van der Waals surface area contributed by atoms with Crippen LogP contribution < -0.4 is 5.73 Å². The molecule has 0 aromatic heterocycles. The van der Waals surface area contributed by atoms with Crippen LogP contribution in [0.1, 0.15) is 15.9 Å². The van der Waals surface area contributed by atoms with Crippen molar-refractivity contribution in [3.63, 3.8) is 0 Å². The Hall–Kier alpha value is -2.55. The van der Waals surface area contributed by atoms with Crippen molar-refractivity contribution in [2.75, 3.05) is 5.73 Å². The van der Waals surface area contributed by atoms with E-state index < -0.39 is 5.97 Å². The van der Waals surface area contributed by atoms with Crippen molar-refractivity contribution in [2.45, 2.75) is 0 Å². The highest BCUT2D eigenvalue weighted by atomic mass is 16.4. The summed E-state index contributed by atoms with van der Waals surface area (Å²) in [7, 11) is 0. The van der Waals surface area contributed by atoms with Crippen LogP contribution in [0.25, 0.3) is 17.2 Å². The normalized spacial score (nSPS) is 10.0. The van der Waals surface area contributed by atoms with Crippen LogP contribution in [0, 0.1) is 0 Å². The van der Waals surface area contributed by atoms with E-state index in [4.69, 9.17) is 5.73 Å². The fourth-order valence-electron chi connectivity index (χ4n) is 1.90. The zero-order chi connectivity index (χ0) is 13.1. The highest BCUT2D eigenvalue weighted by molar-refractivity contribution is 6.00. The summed E-state index contributed by atoms with van der Waals surface area (Å²) in [6.45, 7) is 3.63. The molecule has 2 aromatic carbocycles. The van der Waals surface area contributed by atoms with Gasteiger partial charge in [-0.05, 0) is 23.3 Å². The molecule has 0 saturated carbocycles. The van der Waals surface area contributed by atoms with Crippen LogP contribution in [0.15, 0.2) is 49.0 Å². The number of hydrogen-bond donors (Lipinski definition) is 2. The maximum absolute atomic E-state index is 11.3. The smallest absolute Gasteiger partial charge is 0.336 e. The van der Waals surface area contributed by atoms with Crippen molar-refractivity contribution in [3.8, 4) is 11.1 Å². The molecule has 2 rings (SSSR count). The first kappa shape index (κ1) is 11.9. The number of anilines is 1. The SMILES string of the molecule is C=Cc1cc(N)c(-c2ccccc2)c(C(=O)O)c1. The minimum Gasteiger partial charge on any atom is -0.478 e. The average molecular weight is 239 g/mol. The maximum atomic E-state index is 11.3. The molecule has 2 aromatic rings. The first-order chi connectivity index (χ1) is 8.63. The van der Waals surface area contributed by atoms with Gasteiger partial charge in [0, 0.05) is 11.3 Å². The van der Waals surface area contributed by atoms with Crippen LogP contribution in [0.3, 0.4) is 0 Å². The van der Waals surface area contributed by atoms with E-state index in [-0.39, 0.29) is 5.56 Å². The summed E-state index contributed by atoms with van der Waals surface area (Å²) in [6, 6.07) is 12.6. The number of nitrogens with two attached hydrogens (primary N) is 1. The molecular weight excluding hydrogens is 226 g/mol. The van der Waals surface area contributed by atoms with Crippen molar-refractivity contribution in [1.82, 2.24) is 0 Å². The number of rotatable bonds is 3. The van der Waals surface area contributed by atoms with Gasteiger partial charge in [0.1, 0.15) is 0 Å². The number of hydrogen-bond acceptors (Lipinski definition) is 2. The second-order valence-electron chi connectivity index (χ2n) is 3.91. The summed E-state index contributed by atoms with van der Waals surface area (Å²) < 4.78 is 0. The first-order valence-corrected chi connectivity index (χ1v) is 5.48. The average Bonchev–Trinajstić information content (AvgIpc) is 2.38. The molecule has 0 heterocycles. The molecule has 3 N–H and O–H groups in total. The zero-order valence-corrected chi connectivity index (χ0v) is 9.76. The van der Waals surface area contributed by atoms with Crippen molar-refractivity contribution in [1.29, 1.82) is 0 Å². The Balaban J connectivity index is 2.73. The molecule has 0 aliphatic rings. The number of carbonyl (C=O) groups is 1. The molecule has 3 nitrogen and oxygen atoms in total. The lowest BCUT2D eigenvalue weighted by Crippen LogP contribution is -2.03. The van der Waals surface area contributed by atoms with Gasteiger partial charge in [0.25, 0.3) is 0 Å². The first-order valence-electron chi connectivity index (χ1n) is 5.48. The van der Waals surface area contributed by atoms with Gasteiger partial charge in [-0.2, -0.15) is 0 Å². The summed E-state index contributed by atoms with van der Waals surface area (Å²) in [4.78, 5) is 11.3. The number of benzene rings is 2. The number of nitrogen functional groups attached to an aromatic ring is 1. The molecule has 0 spiro atoms. The Morgan fingerprint density at radius 1 is 1.22 bits per heavy atom. The van der Waals surface area contributed by atoms with E-state index in [1.807, 2.05) is 30.3 Å². The summed E-state index contributed by atoms with van der Waals surface area (Å²) >= 11 is 0. The topological polar surface area (TPSA) is 63.3 Å². The van der Waals surface area contributed by atoms with E-state index in [1.165, 1.54) is 0 Å². The third kappa shape index (κ3) is 2.11. The van der Waals surface area contributed by atoms with Crippen LogP contribution in [0.5, 0.6) is 0 Å². The number of carboxylic acids is 1. The van der Waals surface area contributed by atoms with Crippen molar-refractivity contribution in [2.24, 2.45) is 0 Å². The standard InChI is InChI=1S/C15H13NO2/c1-2-10-8-12(15(17)18)14(13(16)9-10)11-6-4-3-5-7-11/h2-9H,1,16H2,(H,17,18). The van der Waals surface area contributed by atoms with Gasteiger partial charge in [0.2, 0.25) is 0 Å². The highest BCUT2D eigenvalue weighted by Crippen LogP contribution is 2.31. The lowest BCUT2D eigenvalue weighted by Gasteiger charge is -2.11. The van der Waals surface area contributed by atoms with Crippen LogP contribution >= 0.6 is 0 Å². The van der Waals surface area contributed by atoms with Crippen LogP contribution in [-0.4, -0.2) is 11.1 Å². The third-order valence-electron chi connectivity index (χ3n) is 2.72. The van der Waals surface area contributed by atoms with Crippen molar-refractivity contribution in [3.05, 3.63) is 60.2 Å². The van der Waals surface area contributed by atoms with E-state index >= 15 is 0 Å². The van der Waals surface area contributed by atoms with Gasteiger partial charge in [-0.3, -0.25) is 0 Å². The number of carboxylic acid groups (broad SMARTS) is 1. The molecule has 0 unspecified atom stereocenters. The monoisotopic (exact) mass is 239 g/mol. The Bertz CT molecular complexity index is 603. The molecule has 90 valence electrons. The molecule has 18 heavy (non-hydrogen) atoms. The third-order valence-corrected chi connectivity index (χ3v) is 2.72. The lowest BCUT2D eigenvalue weighted by molar-refractivity contribution is 0.0697. The molecule has 0 saturated heterocycles. The van der Waals surface area contributed by atoms with E-state index in [9.17, 15) is 9.90 Å². The Labute approximate surface area is 105 Å². The van der Waals surface area contributed by atoms with Gasteiger partial charge < -0.3 is 10.8 Å². The fourth-order valence-corrected chi connectivity index (χ4v) is 1.90. The molecule has 0 aliphatic heterocycles. The molecule has 0 amide bonds. The Morgan fingerprint density at radius 3 is 2.44 bits per heavy atom. The second-order valence-corrected chi connectivity index (χ2v) is 3.91. The molecule has 0 atom stereocenters. The molecule has 0 bridgehead atoms. The summed E-state index contributed by atoms with van der Waals surface area (Å²) in [6.07, 6.45) is 1.58. The minimum atomic E-state index is -0.996. The molecule has 0 radical (unpaired) electrons. The summed E-state index contributed by atoms with van der Waals surface area (Å²) in [5.41, 5.74) is 8.63. The second kappa shape index (κ2) is 4.75. The fraction of sp³-hybridized carbons (Fsp3) is 0. The largest absolute Gasteiger partial charge is 0.478 e. The minimum absolute atomic E-state index is 0.191. The van der Waals surface area contributed by atoms with E-state index in [1.54, 1.807) is 18.2 Å². The molecular formula is C15H13NO2. The quantitative estimate of drug-likeness (QED) is 0.808. The van der Waals surface area contributed by atoms with Gasteiger partial charge in [-0.1, -0.05) is 43.0 Å². The highest BCUT2D eigenvalue weighted by Gasteiger charge is 2.15. The Kier molecular flexibility index (Phi) is 3.15. The lowest BCUT2D eigenvalue weighted by atomic mass is 9.95. The zero-order valence-electron chi connectivity index (χ0n) is 9.76. The molecule has 3 heteroatoms. The van der Waals surface area contributed by atoms with E-state index in [0.29, 0.717) is 16.8 Å². The van der Waals surface area contributed by atoms with Gasteiger partial charge in [0.05, 0.1) is 5.56 Å². The molecule has 0 fully saturated rings. The molecule has 0 aliphatic carbocycles. The van der Waals surface area contributed by atoms with Crippen LogP contribution in [0.2, 0.25) is 0 Å². The Morgan fingerprint density at radius 2 is 1.89 bits per heavy atom. The summed E-state index contributed by atoms with van der Waals surface area (Å²) in [5, 5.41) is 9.28. The van der Waals surface area contributed by atoms with Crippen molar-refractivity contribution >= 4 is 17.7 Å². The van der Waals surface area contributed by atoms with Gasteiger partial charge in [-0.15, -0.1) is 0 Å². The van der Waals surface area contributed by atoms with Gasteiger partial charge in [0.15, 0.2) is 0 Å². The van der Waals surface area contributed by atoms with Gasteiger partial charge in [-0.25, -0.2) is 4.79 Å². The predicted octanol–water partition coefficient (Wildman–Crippen LogP) is 3.28. The number of aromatic carboxylic acids is 1. The van der Waals surface area contributed by atoms with E-state index in [2.05, 4.69) is 6.58 Å². The van der Waals surface area contributed by atoms with Crippen LogP contribution in [-0.2, 0) is 0 Å². The predicted molar refractivity (Wildman–Crippen MR) is 73.3 cm³/mol. The van der Waals surface area contributed by atoms with Crippen molar-refractivity contribution < 1.29 is 9.90 Å².